The number of hydrogen-bond donors (Lipinski definition) is 1. The molecule has 21 heavy (non-hydrogen) atoms. The molecule has 0 aromatic heterocycles. The van der Waals surface area contributed by atoms with Gasteiger partial charge >= 0.3 is 6.09 Å². The highest BCUT2D eigenvalue weighted by Crippen LogP contribution is 2.11. The monoisotopic (exact) mass is 290 g/mol. The zero-order valence-electron chi connectivity index (χ0n) is 12.8. The lowest BCUT2D eigenvalue weighted by Crippen LogP contribution is -2.42. The van der Waals surface area contributed by atoms with Crippen LogP contribution in [0.2, 0.25) is 0 Å². The predicted octanol–water partition coefficient (Wildman–Crippen LogP) is 1.80. The van der Waals surface area contributed by atoms with Gasteiger partial charge in [-0.05, 0) is 32.8 Å². The molecule has 1 fully saturated rings. The number of nitrogens with one attached hydrogen (secondary N) is 1. The number of rotatable bonds is 5. The average molecular weight is 290 g/mol. The Kier molecular flexibility index (Phi) is 4.83. The fraction of sp³-hybridized carbons (Fsp3) is 0.500. The lowest BCUT2D eigenvalue weighted by Gasteiger charge is -2.17. The Balaban J connectivity index is 1.84. The van der Waals surface area contributed by atoms with Crippen molar-refractivity contribution >= 4 is 12.0 Å². The van der Waals surface area contributed by atoms with Crippen molar-refractivity contribution in [2.24, 2.45) is 0 Å². The molecule has 1 aliphatic heterocycles. The maximum Gasteiger partial charge on any atom is 0.410 e. The van der Waals surface area contributed by atoms with Gasteiger partial charge in [0.1, 0.15) is 13.2 Å². The summed E-state index contributed by atoms with van der Waals surface area (Å²) in [7, 11) is 0. The van der Waals surface area contributed by atoms with Crippen molar-refractivity contribution in [2.45, 2.75) is 33.2 Å². The molecule has 0 radical (unpaired) electrons. The van der Waals surface area contributed by atoms with Crippen molar-refractivity contribution < 1.29 is 14.3 Å². The number of aryl methyl sites for hydroxylation is 2. The van der Waals surface area contributed by atoms with E-state index in [1.807, 2.05) is 6.92 Å². The number of cyclic esters (lactones) is 1. The van der Waals surface area contributed by atoms with Gasteiger partial charge in [0, 0.05) is 6.04 Å². The fourth-order valence-corrected chi connectivity index (χ4v) is 2.65. The standard InChI is InChI=1S/C16H22N2O3/c1-11-6-12(2)8-14(7-11)9-13(3)17-15(19)10-18-4-5-21-16(18)20/h6-8,13H,4-5,9-10H2,1-3H3,(H,17,19). The number of carbonyl (C=O) groups is 2. The molecule has 1 saturated heterocycles. The molecule has 2 rings (SSSR count). The van der Waals surface area contributed by atoms with E-state index < -0.39 is 6.09 Å². The number of carbonyl (C=O) groups excluding carboxylic acids is 2. The third-order valence-electron chi connectivity index (χ3n) is 3.41. The summed E-state index contributed by atoms with van der Waals surface area (Å²) in [6.45, 7) is 7.02. The summed E-state index contributed by atoms with van der Waals surface area (Å²) in [6, 6.07) is 6.42. The molecule has 1 unspecified atom stereocenters. The molecule has 5 heteroatoms. The van der Waals surface area contributed by atoms with Crippen LogP contribution in [0.4, 0.5) is 4.79 Å². The van der Waals surface area contributed by atoms with Crippen LogP contribution in [0.3, 0.4) is 0 Å². The van der Waals surface area contributed by atoms with Gasteiger partial charge in [0.2, 0.25) is 5.91 Å². The first-order chi connectivity index (χ1) is 9.94. The molecule has 114 valence electrons. The molecular weight excluding hydrogens is 268 g/mol. The second-order valence-electron chi connectivity index (χ2n) is 5.70. The van der Waals surface area contributed by atoms with E-state index in [1.54, 1.807) is 0 Å². The van der Waals surface area contributed by atoms with Crippen molar-refractivity contribution in [3.05, 3.63) is 34.9 Å². The topological polar surface area (TPSA) is 58.6 Å². The minimum absolute atomic E-state index is 0.0253. The number of amides is 2. The summed E-state index contributed by atoms with van der Waals surface area (Å²) < 4.78 is 4.80. The second kappa shape index (κ2) is 6.61. The quantitative estimate of drug-likeness (QED) is 0.899. The van der Waals surface area contributed by atoms with Crippen LogP contribution in [-0.2, 0) is 16.0 Å². The third-order valence-corrected chi connectivity index (χ3v) is 3.41. The zero-order chi connectivity index (χ0) is 15.4. The highest BCUT2D eigenvalue weighted by molar-refractivity contribution is 5.82. The van der Waals surface area contributed by atoms with Crippen molar-refractivity contribution in [1.82, 2.24) is 10.2 Å². The summed E-state index contributed by atoms with van der Waals surface area (Å²) >= 11 is 0. The molecule has 1 aliphatic rings. The molecule has 0 aliphatic carbocycles. The van der Waals surface area contributed by atoms with E-state index in [-0.39, 0.29) is 18.5 Å². The summed E-state index contributed by atoms with van der Waals surface area (Å²) in [4.78, 5) is 24.6. The molecule has 0 spiro atoms. The van der Waals surface area contributed by atoms with Gasteiger partial charge in [0.05, 0.1) is 6.54 Å². The Bertz CT molecular complexity index is 522. The molecule has 1 N–H and O–H groups in total. The average Bonchev–Trinajstić information content (AvgIpc) is 2.73. The first kappa shape index (κ1) is 15.4. The first-order valence-corrected chi connectivity index (χ1v) is 7.22. The highest BCUT2D eigenvalue weighted by atomic mass is 16.6. The molecule has 0 saturated carbocycles. The maximum atomic E-state index is 11.9. The van der Waals surface area contributed by atoms with Gasteiger partial charge < -0.3 is 10.1 Å². The molecule has 5 nitrogen and oxygen atoms in total. The lowest BCUT2D eigenvalue weighted by atomic mass is 10.0. The molecule has 0 bridgehead atoms. The minimum atomic E-state index is -0.410. The van der Waals surface area contributed by atoms with E-state index in [2.05, 4.69) is 37.4 Å². The van der Waals surface area contributed by atoms with Gasteiger partial charge in [-0.15, -0.1) is 0 Å². The smallest absolute Gasteiger partial charge is 0.410 e. The van der Waals surface area contributed by atoms with E-state index >= 15 is 0 Å². The molecular formula is C16H22N2O3. The second-order valence-corrected chi connectivity index (χ2v) is 5.70. The Morgan fingerprint density at radius 1 is 1.33 bits per heavy atom. The van der Waals surface area contributed by atoms with Crippen LogP contribution in [0.25, 0.3) is 0 Å². The van der Waals surface area contributed by atoms with E-state index in [9.17, 15) is 9.59 Å². The third kappa shape index (κ3) is 4.48. The Labute approximate surface area is 125 Å². The molecule has 2 amide bonds. The van der Waals surface area contributed by atoms with Crippen LogP contribution in [0.15, 0.2) is 18.2 Å². The molecule has 1 aromatic carbocycles. The first-order valence-electron chi connectivity index (χ1n) is 7.22. The summed E-state index contributed by atoms with van der Waals surface area (Å²) in [5, 5.41) is 2.93. The number of hydrogen-bond acceptors (Lipinski definition) is 3. The van der Waals surface area contributed by atoms with Gasteiger partial charge in [-0.3, -0.25) is 9.69 Å². The van der Waals surface area contributed by atoms with Gasteiger partial charge in [-0.25, -0.2) is 4.79 Å². The molecule has 1 aromatic rings. The molecule has 1 heterocycles. The normalized spacial score (nSPS) is 15.8. The van der Waals surface area contributed by atoms with Crippen LogP contribution in [0, 0.1) is 13.8 Å². The fourth-order valence-electron chi connectivity index (χ4n) is 2.65. The van der Waals surface area contributed by atoms with E-state index in [0.29, 0.717) is 13.2 Å². The van der Waals surface area contributed by atoms with Crippen molar-refractivity contribution in [1.29, 1.82) is 0 Å². The van der Waals surface area contributed by atoms with Gasteiger partial charge in [-0.1, -0.05) is 29.3 Å². The van der Waals surface area contributed by atoms with E-state index in [4.69, 9.17) is 4.74 Å². The van der Waals surface area contributed by atoms with Crippen LogP contribution < -0.4 is 5.32 Å². The highest BCUT2D eigenvalue weighted by Gasteiger charge is 2.24. The minimum Gasteiger partial charge on any atom is -0.448 e. The predicted molar refractivity (Wildman–Crippen MR) is 80.1 cm³/mol. The van der Waals surface area contributed by atoms with Crippen molar-refractivity contribution in [3.8, 4) is 0 Å². The van der Waals surface area contributed by atoms with E-state index in [1.165, 1.54) is 21.6 Å². The summed E-state index contributed by atoms with van der Waals surface area (Å²) in [5.41, 5.74) is 3.66. The summed E-state index contributed by atoms with van der Waals surface area (Å²) in [5.74, 6) is -0.147. The largest absolute Gasteiger partial charge is 0.448 e. The number of ether oxygens (including phenoxy) is 1. The van der Waals surface area contributed by atoms with Crippen molar-refractivity contribution in [2.75, 3.05) is 19.7 Å². The Morgan fingerprint density at radius 2 is 2.00 bits per heavy atom. The molecule has 1 atom stereocenters. The van der Waals surface area contributed by atoms with Gasteiger partial charge in [-0.2, -0.15) is 0 Å². The number of nitrogens with zero attached hydrogens (tertiary/aromatic N) is 1. The SMILES string of the molecule is Cc1cc(C)cc(CC(C)NC(=O)CN2CCOC2=O)c1. The maximum absolute atomic E-state index is 11.9. The Morgan fingerprint density at radius 3 is 2.57 bits per heavy atom. The van der Waals surface area contributed by atoms with Crippen LogP contribution >= 0.6 is 0 Å². The number of benzene rings is 1. The van der Waals surface area contributed by atoms with Crippen LogP contribution in [-0.4, -0.2) is 42.6 Å². The van der Waals surface area contributed by atoms with E-state index in [0.717, 1.165) is 6.42 Å². The Hall–Kier alpha value is -2.04. The van der Waals surface area contributed by atoms with Crippen LogP contribution in [0.5, 0.6) is 0 Å². The van der Waals surface area contributed by atoms with Gasteiger partial charge in [0.15, 0.2) is 0 Å². The zero-order valence-corrected chi connectivity index (χ0v) is 12.8. The van der Waals surface area contributed by atoms with Gasteiger partial charge in [0.25, 0.3) is 0 Å². The summed E-state index contributed by atoms with van der Waals surface area (Å²) in [6.07, 6.45) is 0.366. The lowest BCUT2D eigenvalue weighted by molar-refractivity contribution is -0.122. The van der Waals surface area contributed by atoms with Crippen LogP contribution in [0.1, 0.15) is 23.6 Å². The van der Waals surface area contributed by atoms with Crippen molar-refractivity contribution in [3.63, 3.8) is 0 Å².